The van der Waals surface area contributed by atoms with Gasteiger partial charge in [-0.1, -0.05) is 0 Å². The minimum atomic E-state index is -4.82. The average molecular weight is 209 g/mol. The number of rotatable bonds is 1. The van der Waals surface area contributed by atoms with Crippen LogP contribution < -0.4 is 10.5 Å². The Bertz CT molecular complexity index is 325. The van der Waals surface area contributed by atoms with Crippen molar-refractivity contribution in [2.24, 2.45) is 0 Å². The molecule has 78 valence electrons. The summed E-state index contributed by atoms with van der Waals surface area (Å²) in [6.07, 6.45) is -4.82. The molecule has 2 nitrogen and oxygen atoms in total. The summed E-state index contributed by atoms with van der Waals surface area (Å²) >= 11 is 0. The first kappa shape index (κ1) is 10.6. The lowest BCUT2D eigenvalue weighted by atomic mass is 10.2. The van der Waals surface area contributed by atoms with Crippen LogP contribution in [0.25, 0.3) is 0 Å². The van der Waals surface area contributed by atoms with Crippen LogP contribution in [-0.4, -0.2) is 6.36 Å². The van der Waals surface area contributed by atoms with Crippen LogP contribution in [0.4, 0.5) is 23.2 Å². The smallest absolute Gasteiger partial charge is 0.403 e. The zero-order valence-electron chi connectivity index (χ0n) is 7.15. The quantitative estimate of drug-likeness (QED) is 0.570. The van der Waals surface area contributed by atoms with Gasteiger partial charge in [0.2, 0.25) is 0 Å². The van der Waals surface area contributed by atoms with E-state index in [9.17, 15) is 17.6 Å². The van der Waals surface area contributed by atoms with Gasteiger partial charge in [-0.3, -0.25) is 0 Å². The van der Waals surface area contributed by atoms with Gasteiger partial charge < -0.3 is 10.5 Å². The van der Waals surface area contributed by atoms with Crippen molar-refractivity contribution in [3.8, 4) is 5.75 Å². The van der Waals surface area contributed by atoms with Crippen molar-refractivity contribution in [2.45, 2.75) is 13.3 Å². The van der Waals surface area contributed by atoms with E-state index in [0.29, 0.717) is 0 Å². The van der Waals surface area contributed by atoms with Crippen molar-refractivity contribution in [3.63, 3.8) is 0 Å². The first-order valence-corrected chi connectivity index (χ1v) is 3.61. The summed E-state index contributed by atoms with van der Waals surface area (Å²) in [5.74, 6) is -1.26. The fourth-order valence-corrected chi connectivity index (χ4v) is 1.01. The highest BCUT2D eigenvalue weighted by Crippen LogP contribution is 2.32. The zero-order chi connectivity index (χ0) is 10.9. The third-order valence-electron chi connectivity index (χ3n) is 1.49. The summed E-state index contributed by atoms with van der Waals surface area (Å²) < 4.78 is 51.7. The Morgan fingerprint density at radius 3 is 2.29 bits per heavy atom. The van der Waals surface area contributed by atoms with Gasteiger partial charge in [-0.15, -0.1) is 13.2 Å². The molecule has 0 saturated heterocycles. The molecule has 14 heavy (non-hydrogen) atoms. The van der Waals surface area contributed by atoms with Gasteiger partial charge in [0.15, 0.2) is 5.75 Å². The summed E-state index contributed by atoms with van der Waals surface area (Å²) in [5, 5.41) is 0. The lowest BCUT2D eigenvalue weighted by Crippen LogP contribution is -2.18. The van der Waals surface area contributed by atoms with Crippen LogP contribution in [0.15, 0.2) is 12.1 Å². The Kier molecular flexibility index (Phi) is 2.55. The van der Waals surface area contributed by atoms with Gasteiger partial charge in [-0.05, 0) is 18.6 Å². The summed E-state index contributed by atoms with van der Waals surface area (Å²) in [6.45, 7) is 1.28. The number of ether oxygens (including phenoxy) is 1. The van der Waals surface area contributed by atoms with Gasteiger partial charge in [-0.2, -0.15) is 0 Å². The minimum absolute atomic E-state index is 0.000162. The first-order valence-electron chi connectivity index (χ1n) is 3.61. The van der Waals surface area contributed by atoms with E-state index in [1.165, 1.54) is 6.92 Å². The molecule has 0 spiro atoms. The maximum Gasteiger partial charge on any atom is 0.573 e. The standard InChI is InChI=1S/C8H7F4NO/c1-4-2-5(9)3-6(13)7(4)14-8(10,11)12/h2-3H,13H2,1H3. The molecular formula is C8H7F4NO. The van der Waals surface area contributed by atoms with Crippen LogP contribution in [0.2, 0.25) is 0 Å². The molecule has 6 heteroatoms. The summed E-state index contributed by atoms with van der Waals surface area (Å²) in [6, 6.07) is 1.69. The molecule has 1 rings (SSSR count). The first-order chi connectivity index (χ1) is 6.29. The summed E-state index contributed by atoms with van der Waals surface area (Å²) in [4.78, 5) is 0. The normalized spacial score (nSPS) is 11.5. The Morgan fingerprint density at radius 2 is 1.86 bits per heavy atom. The molecule has 0 radical (unpaired) electrons. The number of nitrogen functional groups attached to an aromatic ring is 1. The third kappa shape index (κ3) is 2.51. The lowest BCUT2D eigenvalue weighted by Gasteiger charge is -2.13. The molecule has 0 amide bonds. The molecule has 0 aliphatic rings. The molecule has 0 saturated carbocycles. The Labute approximate surface area is 77.3 Å². The molecule has 1 aromatic carbocycles. The molecule has 0 fully saturated rings. The van der Waals surface area contributed by atoms with Crippen LogP contribution in [0.1, 0.15) is 5.56 Å². The van der Waals surface area contributed by atoms with E-state index in [2.05, 4.69) is 4.74 Å². The SMILES string of the molecule is Cc1cc(F)cc(N)c1OC(F)(F)F. The van der Waals surface area contributed by atoms with E-state index >= 15 is 0 Å². The Balaban J connectivity index is 3.09. The monoisotopic (exact) mass is 209 g/mol. The van der Waals surface area contributed by atoms with Crippen molar-refractivity contribution >= 4 is 5.69 Å². The maximum atomic E-state index is 12.6. The summed E-state index contributed by atoms with van der Waals surface area (Å²) in [7, 11) is 0. The number of halogens is 4. The molecule has 0 aromatic heterocycles. The number of alkyl halides is 3. The second-order valence-corrected chi connectivity index (χ2v) is 2.69. The molecular weight excluding hydrogens is 202 g/mol. The molecule has 0 aliphatic heterocycles. The van der Waals surface area contributed by atoms with Gasteiger partial charge in [0.1, 0.15) is 5.82 Å². The van der Waals surface area contributed by atoms with Gasteiger partial charge in [0.05, 0.1) is 5.69 Å². The fraction of sp³-hybridized carbons (Fsp3) is 0.250. The van der Waals surface area contributed by atoms with Crippen LogP contribution in [0.5, 0.6) is 5.75 Å². The zero-order valence-corrected chi connectivity index (χ0v) is 7.15. The van der Waals surface area contributed by atoms with Gasteiger partial charge in [-0.25, -0.2) is 4.39 Å². The predicted molar refractivity (Wildman–Crippen MR) is 42.2 cm³/mol. The van der Waals surface area contributed by atoms with Crippen molar-refractivity contribution in [3.05, 3.63) is 23.5 Å². The second kappa shape index (κ2) is 3.36. The maximum absolute atomic E-state index is 12.6. The Morgan fingerprint density at radius 1 is 1.29 bits per heavy atom. The molecule has 1 aromatic rings. The minimum Gasteiger partial charge on any atom is -0.403 e. The molecule has 0 bridgehead atoms. The average Bonchev–Trinajstić information content (AvgIpc) is 1.95. The van der Waals surface area contributed by atoms with E-state index in [-0.39, 0.29) is 11.3 Å². The van der Waals surface area contributed by atoms with Crippen molar-refractivity contribution in [1.29, 1.82) is 0 Å². The van der Waals surface area contributed by atoms with E-state index in [4.69, 9.17) is 5.73 Å². The van der Waals surface area contributed by atoms with E-state index in [0.717, 1.165) is 12.1 Å². The fourth-order valence-electron chi connectivity index (χ4n) is 1.01. The predicted octanol–water partition coefficient (Wildman–Crippen LogP) is 2.61. The topological polar surface area (TPSA) is 35.2 Å². The van der Waals surface area contributed by atoms with Crippen LogP contribution in [0, 0.1) is 12.7 Å². The largest absolute Gasteiger partial charge is 0.573 e. The summed E-state index contributed by atoms with van der Waals surface area (Å²) in [5.41, 5.74) is 4.79. The lowest BCUT2D eigenvalue weighted by molar-refractivity contribution is -0.274. The van der Waals surface area contributed by atoms with E-state index in [1.54, 1.807) is 0 Å². The van der Waals surface area contributed by atoms with Gasteiger partial charge in [0, 0.05) is 6.07 Å². The number of aryl methyl sites for hydroxylation is 1. The number of nitrogens with two attached hydrogens (primary N) is 1. The van der Waals surface area contributed by atoms with Crippen molar-refractivity contribution in [2.75, 3.05) is 5.73 Å². The highest BCUT2D eigenvalue weighted by atomic mass is 19.4. The molecule has 2 N–H and O–H groups in total. The molecule has 0 aliphatic carbocycles. The van der Waals surface area contributed by atoms with Crippen LogP contribution in [-0.2, 0) is 0 Å². The van der Waals surface area contributed by atoms with Crippen molar-refractivity contribution in [1.82, 2.24) is 0 Å². The van der Waals surface area contributed by atoms with Gasteiger partial charge >= 0.3 is 6.36 Å². The van der Waals surface area contributed by atoms with E-state index in [1.807, 2.05) is 0 Å². The third-order valence-corrected chi connectivity index (χ3v) is 1.49. The van der Waals surface area contributed by atoms with Crippen LogP contribution in [0.3, 0.4) is 0 Å². The highest BCUT2D eigenvalue weighted by Gasteiger charge is 2.32. The van der Waals surface area contributed by atoms with Gasteiger partial charge in [0.25, 0.3) is 0 Å². The second-order valence-electron chi connectivity index (χ2n) is 2.69. The van der Waals surface area contributed by atoms with Crippen LogP contribution >= 0.6 is 0 Å². The number of benzene rings is 1. The molecule has 0 unspecified atom stereocenters. The number of hydrogen-bond acceptors (Lipinski definition) is 2. The van der Waals surface area contributed by atoms with Crippen molar-refractivity contribution < 1.29 is 22.3 Å². The molecule has 0 heterocycles. The molecule has 0 atom stereocenters. The highest BCUT2D eigenvalue weighted by molar-refractivity contribution is 5.56. The Hall–Kier alpha value is -1.46. The number of hydrogen-bond donors (Lipinski definition) is 1. The number of anilines is 1. The van der Waals surface area contributed by atoms with E-state index < -0.39 is 17.9 Å².